The Bertz CT molecular complexity index is 819. The third-order valence-corrected chi connectivity index (χ3v) is 5.08. The maximum Gasteiger partial charge on any atom is 0.260 e. The van der Waals surface area contributed by atoms with E-state index in [4.69, 9.17) is 21.7 Å². The van der Waals surface area contributed by atoms with Gasteiger partial charge in [0.1, 0.15) is 12.7 Å². The maximum absolute atomic E-state index is 6.19. The van der Waals surface area contributed by atoms with E-state index in [1.807, 2.05) is 12.1 Å². The molecule has 0 aliphatic heterocycles. The highest BCUT2D eigenvalue weighted by Gasteiger charge is 2.06. The number of hydrogen-bond acceptors (Lipinski definition) is 8. The van der Waals surface area contributed by atoms with Crippen LogP contribution in [0.25, 0.3) is 0 Å². The molecule has 0 atom stereocenters. The Morgan fingerprint density at radius 2 is 1.92 bits per heavy atom. The lowest BCUT2D eigenvalue weighted by Gasteiger charge is -2.07. The minimum Gasteiger partial charge on any atom is -0.397 e. The fourth-order valence-electron chi connectivity index (χ4n) is 2.11. The number of rotatable bonds is 9. The molecule has 136 valence electrons. The summed E-state index contributed by atoms with van der Waals surface area (Å²) in [5.41, 5.74) is 2.40. The Hall–Kier alpha value is -1.75. The molecule has 3 rings (SSSR count). The van der Waals surface area contributed by atoms with Gasteiger partial charge < -0.3 is 4.18 Å². The van der Waals surface area contributed by atoms with Crippen LogP contribution in [0.2, 0.25) is 5.02 Å². The summed E-state index contributed by atoms with van der Waals surface area (Å²) in [6.07, 6.45) is 3.23. The van der Waals surface area contributed by atoms with Gasteiger partial charge in [-0.1, -0.05) is 35.9 Å². The first-order valence-corrected chi connectivity index (χ1v) is 9.47. The summed E-state index contributed by atoms with van der Waals surface area (Å²) in [5.74, 6) is 6.03. The quantitative estimate of drug-likeness (QED) is 0.186. The molecule has 0 aliphatic carbocycles. The average Bonchev–Trinajstić information content (AvgIpc) is 3.16. The second-order valence-corrected chi connectivity index (χ2v) is 7.00. The van der Waals surface area contributed by atoms with E-state index >= 15 is 0 Å². The maximum atomic E-state index is 6.19. The summed E-state index contributed by atoms with van der Waals surface area (Å²) < 4.78 is 11.3. The summed E-state index contributed by atoms with van der Waals surface area (Å²) in [5, 5.41) is 4.58. The van der Waals surface area contributed by atoms with Gasteiger partial charge in [-0.3, -0.25) is 0 Å². The molecule has 2 aromatic carbocycles. The van der Waals surface area contributed by atoms with Gasteiger partial charge in [-0.15, -0.1) is 21.1 Å². The van der Waals surface area contributed by atoms with Gasteiger partial charge in [-0.25, -0.2) is 9.67 Å². The molecule has 3 aromatic rings. The lowest BCUT2D eigenvalue weighted by molar-refractivity contribution is -0.199. The SMILES string of the molecule is NOOSOc1ccc(SCc2ccc(Cn3cncn3)cc2)cc1Cl. The van der Waals surface area contributed by atoms with E-state index in [0.29, 0.717) is 29.6 Å². The molecule has 0 spiro atoms. The van der Waals surface area contributed by atoms with Crippen LogP contribution in [-0.2, 0) is 21.6 Å². The van der Waals surface area contributed by atoms with Crippen LogP contribution < -0.4 is 10.1 Å². The lowest BCUT2D eigenvalue weighted by Crippen LogP contribution is -1.99. The van der Waals surface area contributed by atoms with Crippen molar-refractivity contribution in [2.45, 2.75) is 17.2 Å². The number of thioether (sulfide) groups is 1. The van der Waals surface area contributed by atoms with Gasteiger partial charge in [-0.2, -0.15) is 11.0 Å². The average molecular weight is 411 g/mol. The molecule has 1 aromatic heterocycles. The molecule has 0 bridgehead atoms. The normalized spacial score (nSPS) is 10.8. The Morgan fingerprint density at radius 3 is 2.62 bits per heavy atom. The molecule has 2 N–H and O–H groups in total. The van der Waals surface area contributed by atoms with Crippen molar-refractivity contribution >= 4 is 35.7 Å². The molecule has 0 saturated heterocycles. The van der Waals surface area contributed by atoms with Crippen molar-refractivity contribution in [2.75, 3.05) is 0 Å². The van der Waals surface area contributed by atoms with Gasteiger partial charge in [0.25, 0.3) is 12.3 Å². The zero-order valence-electron chi connectivity index (χ0n) is 13.4. The van der Waals surface area contributed by atoms with E-state index in [-0.39, 0.29) is 0 Å². The minimum atomic E-state index is 0.468. The first-order valence-electron chi connectivity index (χ1n) is 7.44. The summed E-state index contributed by atoms with van der Waals surface area (Å²) >= 11 is 8.46. The highest BCUT2D eigenvalue weighted by molar-refractivity contribution is 7.98. The van der Waals surface area contributed by atoms with Crippen LogP contribution >= 0.6 is 35.7 Å². The molecule has 26 heavy (non-hydrogen) atoms. The predicted molar refractivity (Wildman–Crippen MR) is 101 cm³/mol. The Balaban J connectivity index is 1.52. The highest BCUT2D eigenvalue weighted by Crippen LogP contribution is 2.33. The van der Waals surface area contributed by atoms with Gasteiger partial charge in [-0.05, 0) is 29.3 Å². The van der Waals surface area contributed by atoms with Gasteiger partial charge in [0, 0.05) is 10.6 Å². The largest absolute Gasteiger partial charge is 0.397 e. The molecule has 0 amide bonds. The molecule has 1 heterocycles. The van der Waals surface area contributed by atoms with E-state index in [2.05, 4.69) is 43.7 Å². The zero-order chi connectivity index (χ0) is 18.2. The molecule has 10 heteroatoms. The third-order valence-electron chi connectivity index (χ3n) is 3.33. The van der Waals surface area contributed by atoms with Crippen LogP contribution in [0, 0.1) is 0 Å². The van der Waals surface area contributed by atoms with Gasteiger partial charge in [0.15, 0.2) is 5.75 Å². The van der Waals surface area contributed by atoms with Crippen molar-refractivity contribution in [1.29, 1.82) is 0 Å². The molecular formula is C16H15ClN4O3S2. The van der Waals surface area contributed by atoms with E-state index in [0.717, 1.165) is 10.6 Å². The van der Waals surface area contributed by atoms with Gasteiger partial charge >= 0.3 is 0 Å². The fourth-order valence-corrected chi connectivity index (χ4v) is 3.61. The number of nitrogens with two attached hydrogens (primary N) is 1. The first kappa shape index (κ1) is 19.0. The molecule has 0 unspecified atom stereocenters. The van der Waals surface area contributed by atoms with E-state index < -0.39 is 0 Å². The number of benzene rings is 2. The second-order valence-electron chi connectivity index (χ2n) is 5.11. The van der Waals surface area contributed by atoms with Crippen LogP contribution in [0.4, 0.5) is 0 Å². The van der Waals surface area contributed by atoms with Crippen molar-refractivity contribution in [3.8, 4) is 5.75 Å². The summed E-state index contributed by atoms with van der Waals surface area (Å²) in [7, 11) is 0. The topological polar surface area (TPSA) is 84.4 Å². The van der Waals surface area contributed by atoms with Crippen molar-refractivity contribution in [2.24, 2.45) is 5.90 Å². The van der Waals surface area contributed by atoms with Gasteiger partial charge in [0.05, 0.1) is 11.6 Å². The van der Waals surface area contributed by atoms with Crippen molar-refractivity contribution in [3.63, 3.8) is 0 Å². The predicted octanol–water partition coefficient (Wildman–Crippen LogP) is 4.04. The van der Waals surface area contributed by atoms with Crippen LogP contribution in [0.5, 0.6) is 5.75 Å². The highest BCUT2D eigenvalue weighted by atomic mass is 35.5. The number of nitrogens with zero attached hydrogens (tertiary/aromatic N) is 3. The van der Waals surface area contributed by atoms with E-state index in [1.165, 1.54) is 17.5 Å². The second kappa shape index (κ2) is 9.81. The van der Waals surface area contributed by atoms with Crippen LogP contribution in [-0.4, -0.2) is 14.8 Å². The van der Waals surface area contributed by atoms with Crippen LogP contribution in [0.3, 0.4) is 0 Å². The molecule has 0 saturated carbocycles. The van der Waals surface area contributed by atoms with Crippen LogP contribution in [0.15, 0.2) is 60.0 Å². The molecular weight excluding hydrogens is 396 g/mol. The smallest absolute Gasteiger partial charge is 0.260 e. The fraction of sp³-hybridized carbons (Fsp3) is 0.125. The number of halogens is 1. The molecule has 7 nitrogen and oxygen atoms in total. The summed E-state index contributed by atoms with van der Waals surface area (Å²) in [6, 6.07) is 13.9. The molecule has 0 fully saturated rings. The third kappa shape index (κ3) is 5.63. The Labute approximate surface area is 164 Å². The Morgan fingerprint density at radius 1 is 1.12 bits per heavy atom. The van der Waals surface area contributed by atoms with Crippen LogP contribution in [0.1, 0.15) is 11.1 Å². The minimum absolute atomic E-state index is 0.468. The van der Waals surface area contributed by atoms with Crippen molar-refractivity contribution in [3.05, 3.63) is 71.3 Å². The van der Waals surface area contributed by atoms with E-state index in [9.17, 15) is 0 Å². The number of aromatic nitrogens is 3. The lowest BCUT2D eigenvalue weighted by atomic mass is 10.1. The first-order chi connectivity index (χ1) is 12.7. The molecule has 0 aliphatic rings. The van der Waals surface area contributed by atoms with Crippen molar-refractivity contribution in [1.82, 2.24) is 14.8 Å². The zero-order valence-corrected chi connectivity index (χ0v) is 15.8. The molecule has 0 radical (unpaired) electrons. The van der Waals surface area contributed by atoms with Crippen molar-refractivity contribution < 1.29 is 13.5 Å². The van der Waals surface area contributed by atoms with Gasteiger partial charge in [0.2, 0.25) is 0 Å². The monoisotopic (exact) mass is 410 g/mol. The number of hydrogen-bond donors (Lipinski definition) is 1. The summed E-state index contributed by atoms with van der Waals surface area (Å²) in [4.78, 5) is 8.91. The Kier molecular flexibility index (Phi) is 7.18. The summed E-state index contributed by atoms with van der Waals surface area (Å²) in [6.45, 7) is 0.710. The standard InChI is InChI=1S/C16H15ClN4O3S2/c17-15-7-14(5-6-16(15)22-26-24-23-18)25-9-13-3-1-12(2-4-13)8-21-11-19-10-20-21/h1-7,10-11H,8-9,18H2. The van der Waals surface area contributed by atoms with E-state index in [1.54, 1.807) is 28.8 Å².